The van der Waals surface area contributed by atoms with Crippen LogP contribution in [0.2, 0.25) is 0 Å². The topological polar surface area (TPSA) is 105 Å². The Morgan fingerprint density at radius 3 is 2.62 bits per heavy atom. The van der Waals surface area contributed by atoms with Crippen molar-refractivity contribution in [3.8, 4) is 17.0 Å². The highest BCUT2D eigenvalue weighted by Gasteiger charge is 2.16. The van der Waals surface area contributed by atoms with Gasteiger partial charge in [-0.25, -0.2) is 0 Å². The summed E-state index contributed by atoms with van der Waals surface area (Å²) in [4.78, 5) is 28.2. The average Bonchev–Trinajstić information content (AvgIpc) is 3.18. The lowest BCUT2D eigenvalue weighted by molar-refractivity contribution is 0.0963. The summed E-state index contributed by atoms with van der Waals surface area (Å²) in [6.45, 7) is 1.92. The molecule has 1 aromatic carbocycles. The maximum absolute atomic E-state index is 11.8. The Kier molecular flexibility index (Phi) is 4.82. The molecule has 0 bridgehead atoms. The first-order valence-corrected chi connectivity index (χ1v) is 9.04. The molecule has 0 spiro atoms. The Balaban J connectivity index is 1.72. The molecule has 3 aromatic heterocycles. The molecule has 4 rings (SSSR count). The maximum Gasteiger partial charge on any atom is 0.251 e. The lowest BCUT2D eigenvalue weighted by Crippen LogP contribution is -2.17. The van der Waals surface area contributed by atoms with Crippen LogP contribution in [0.15, 0.2) is 48.9 Å². The van der Waals surface area contributed by atoms with E-state index in [-0.39, 0.29) is 5.91 Å². The third-order valence-corrected chi connectivity index (χ3v) is 4.65. The number of amides is 1. The van der Waals surface area contributed by atoms with Gasteiger partial charge in [0, 0.05) is 42.5 Å². The van der Waals surface area contributed by atoms with Gasteiger partial charge in [-0.15, -0.1) is 0 Å². The number of carbonyl (C=O) groups is 1. The summed E-state index contributed by atoms with van der Waals surface area (Å²) in [5.41, 5.74) is 4.89. The molecular weight excluding hydrogens is 368 g/mol. The van der Waals surface area contributed by atoms with Gasteiger partial charge in [0.05, 0.1) is 12.5 Å². The Hall–Kier alpha value is -3.94. The molecule has 3 N–H and O–H groups in total. The van der Waals surface area contributed by atoms with Gasteiger partial charge in [-0.05, 0) is 48.4 Å². The van der Waals surface area contributed by atoms with Crippen molar-refractivity contribution in [1.82, 2.24) is 25.3 Å². The van der Waals surface area contributed by atoms with E-state index in [9.17, 15) is 4.79 Å². The number of benzene rings is 1. The zero-order valence-corrected chi connectivity index (χ0v) is 16.3. The predicted molar refractivity (Wildman–Crippen MR) is 112 cm³/mol. The van der Waals surface area contributed by atoms with Crippen LogP contribution in [0, 0.1) is 6.92 Å². The fourth-order valence-corrected chi connectivity index (χ4v) is 3.17. The lowest BCUT2D eigenvalue weighted by atomic mass is 10.1. The summed E-state index contributed by atoms with van der Waals surface area (Å²) in [6, 6.07) is 9.24. The zero-order valence-electron chi connectivity index (χ0n) is 16.3. The molecule has 8 nitrogen and oxygen atoms in total. The molecule has 3 heterocycles. The number of rotatable bonds is 5. The number of aryl methyl sites for hydroxylation is 1. The van der Waals surface area contributed by atoms with E-state index < -0.39 is 0 Å². The van der Waals surface area contributed by atoms with Crippen molar-refractivity contribution >= 4 is 28.6 Å². The Morgan fingerprint density at radius 2 is 1.93 bits per heavy atom. The van der Waals surface area contributed by atoms with E-state index in [1.165, 1.54) is 0 Å². The molecule has 0 fully saturated rings. The number of methoxy groups -OCH3 is 1. The quantitative estimate of drug-likeness (QED) is 0.484. The molecular formula is C21H20N6O2. The number of hydrogen-bond donors (Lipinski definition) is 3. The van der Waals surface area contributed by atoms with E-state index in [4.69, 9.17) is 4.74 Å². The van der Waals surface area contributed by atoms with Crippen LogP contribution in [0.1, 0.15) is 15.9 Å². The van der Waals surface area contributed by atoms with Gasteiger partial charge in [0.15, 0.2) is 0 Å². The third-order valence-electron chi connectivity index (χ3n) is 4.65. The van der Waals surface area contributed by atoms with Crippen molar-refractivity contribution in [2.75, 3.05) is 19.5 Å². The van der Waals surface area contributed by atoms with Crippen LogP contribution in [0.5, 0.6) is 5.88 Å². The number of carbonyl (C=O) groups excluding carboxylic acids is 1. The molecule has 0 saturated heterocycles. The highest BCUT2D eigenvalue weighted by molar-refractivity contribution is 5.98. The van der Waals surface area contributed by atoms with E-state index in [1.54, 1.807) is 32.6 Å². The molecule has 0 aliphatic carbocycles. The van der Waals surface area contributed by atoms with Crippen LogP contribution in [-0.2, 0) is 0 Å². The van der Waals surface area contributed by atoms with Gasteiger partial charge in [0.1, 0.15) is 5.65 Å². The monoisotopic (exact) mass is 388 g/mol. The van der Waals surface area contributed by atoms with Crippen molar-refractivity contribution in [3.05, 3.63) is 60.0 Å². The minimum absolute atomic E-state index is 0.131. The number of nitrogens with zero attached hydrogens (tertiary/aromatic N) is 3. The number of hydrogen-bond acceptors (Lipinski definition) is 6. The summed E-state index contributed by atoms with van der Waals surface area (Å²) in [5, 5.41) is 6.63. The number of H-pyrrole nitrogens is 1. The molecule has 0 radical (unpaired) electrons. The summed E-state index contributed by atoms with van der Waals surface area (Å²) in [6.07, 6.45) is 5.36. The molecule has 0 atom stereocenters. The molecule has 4 aromatic rings. The SMILES string of the molecule is CNC(=O)c1ccc(Nc2nc(OC)c3c(-c4ccncc4)c[nH]c3n2)c(C)c1. The molecule has 0 unspecified atom stereocenters. The number of ether oxygens (including phenoxy) is 1. The normalized spacial score (nSPS) is 10.7. The van der Waals surface area contributed by atoms with Crippen molar-refractivity contribution in [3.63, 3.8) is 0 Å². The van der Waals surface area contributed by atoms with Crippen LogP contribution in [0.3, 0.4) is 0 Å². The van der Waals surface area contributed by atoms with Crippen molar-refractivity contribution < 1.29 is 9.53 Å². The Labute approximate surface area is 167 Å². The van der Waals surface area contributed by atoms with E-state index in [1.807, 2.05) is 37.4 Å². The van der Waals surface area contributed by atoms with Gasteiger partial charge in [-0.3, -0.25) is 9.78 Å². The standard InChI is InChI=1S/C21H20N6O2/c1-12-10-14(19(28)22-2)4-5-16(12)25-21-26-18-17(20(27-21)29-3)15(11-24-18)13-6-8-23-9-7-13/h4-11H,1-3H3,(H,22,28)(H2,24,25,26,27). The lowest BCUT2D eigenvalue weighted by Gasteiger charge is -2.11. The van der Waals surface area contributed by atoms with Crippen LogP contribution < -0.4 is 15.4 Å². The molecule has 29 heavy (non-hydrogen) atoms. The van der Waals surface area contributed by atoms with Crippen molar-refractivity contribution in [2.45, 2.75) is 6.92 Å². The predicted octanol–water partition coefficient (Wildman–Crippen LogP) is 3.44. The largest absolute Gasteiger partial charge is 0.480 e. The molecule has 0 aliphatic rings. The smallest absolute Gasteiger partial charge is 0.251 e. The second-order valence-electron chi connectivity index (χ2n) is 6.45. The van der Waals surface area contributed by atoms with Gasteiger partial charge in [-0.1, -0.05) is 0 Å². The molecule has 0 aliphatic heterocycles. The van der Waals surface area contributed by atoms with E-state index in [0.717, 1.165) is 27.8 Å². The third kappa shape index (κ3) is 3.47. The number of anilines is 2. The highest BCUT2D eigenvalue weighted by atomic mass is 16.5. The second kappa shape index (κ2) is 7.59. The summed E-state index contributed by atoms with van der Waals surface area (Å²) < 4.78 is 5.54. The van der Waals surface area contributed by atoms with Crippen LogP contribution >= 0.6 is 0 Å². The van der Waals surface area contributed by atoms with E-state index >= 15 is 0 Å². The summed E-state index contributed by atoms with van der Waals surface area (Å²) >= 11 is 0. The number of pyridine rings is 1. The minimum Gasteiger partial charge on any atom is -0.480 e. The fourth-order valence-electron chi connectivity index (χ4n) is 3.17. The van der Waals surface area contributed by atoms with Gasteiger partial charge in [-0.2, -0.15) is 9.97 Å². The number of nitrogens with one attached hydrogen (secondary N) is 3. The van der Waals surface area contributed by atoms with Crippen molar-refractivity contribution in [1.29, 1.82) is 0 Å². The highest BCUT2D eigenvalue weighted by Crippen LogP contribution is 2.34. The maximum atomic E-state index is 11.8. The summed E-state index contributed by atoms with van der Waals surface area (Å²) in [5.74, 6) is 0.729. The number of aromatic amines is 1. The Bertz CT molecular complexity index is 1190. The number of aromatic nitrogens is 4. The number of fused-ring (bicyclic) bond motifs is 1. The second-order valence-corrected chi connectivity index (χ2v) is 6.45. The molecule has 146 valence electrons. The molecule has 0 saturated carbocycles. The van der Waals surface area contributed by atoms with E-state index in [0.29, 0.717) is 23.0 Å². The minimum atomic E-state index is -0.131. The van der Waals surface area contributed by atoms with Gasteiger partial charge in [0.25, 0.3) is 5.91 Å². The fraction of sp³-hybridized carbons (Fsp3) is 0.143. The van der Waals surface area contributed by atoms with Crippen molar-refractivity contribution in [2.24, 2.45) is 0 Å². The zero-order chi connectivity index (χ0) is 20.4. The molecule has 1 amide bonds. The first kappa shape index (κ1) is 18.4. The first-order chi connectivity index (χ1) is 14.1. The van der Waals surface area contributed by atoms with Crippen LogP contribution in [0.25, 0.3) is 22.2 Å². The van der Waals surface area contributed by atoms with Crippen LogP contribution in [0.4, 0.5) is 11.6 Å². The molecule has 8 heteroatoms. The van der Waals surface area contributed by atoms with E-state index in [2.05, 4.69) is 30.6 Å². The first-order valence-electron chi connectivity index (χ1n) is 9.04. The average molecular weight is 388 g/mol. The van der Waals surface area contributed by atoms with Gasteiger partial charge >= 0.3 is 0 Å². The van der Waals surface area contributed by atoms with Crippen LogP contribution in [-0.4, -0.2) is 40.0 Å². The Morgan fingerprint density at radius 1 is 1.14 bits per heavy atom. The summed E-state index contributed by atoms with van der Waals surface area (Å²) in [7, 11) is 3.19. The van der Waals surface area contributed by atoms with Gasteiger partial charge in [0.2, 0.25) is 11.8 Å². The van der Waals surface area contributed by atoms with Gasteiger partial charge < -0.3 is 20.4 Å².